The summed E-state index contributed by atoms with van der Waals surface area (Å²) in [5.74, 6) is 0.569. The second-order valence-corrected chi connectivity index (χ2v) is 3.85. The lowest BCUT2D eigenvalue weighted by atomic mass is 10.1. The highest BCUT2D eigenvalue weighted by atomic mass is 16.3. The number of nitrogens with two attached hydrogens (primary N) is 1. The van der Waals surface area contributed by atoms with E-state index < -0.39 is 6.10 Å². The number of aryl methyl sites for hydroxylation is 1. The van der Waals surface area contributed by atoms with Gasteiger partial charge < -0.3 is 10.8 Å². The van der Waals surface area contributed by atoms with Gasteiger partial charge in [-0.3, -0.25) is 4.68 Å². The minimum atomic E-state index is -0.550. The first-order valence-electron chi connectivity index (χ1n) is 5.21. The van der Waals surface area contributed by atoms with Crippen LogP contribution >= 0.6 is 0 Å². The fourth-order valence-electron chi connectivity index (χ4n) is 1.67. The molecule has 14 heavy (non-hydrogen) atoms. The zero-order chi connectivity index (χ0) is 10.1. The topological polar surface area (TPSA) is 64.1 Å². The molecule has 0 amide bonds. The molecule has 0 aromatic carbocycles. The van der Waals surface area contributed by atoms with Crippen molar-refractivity contribution < 1.29 is 5.11 Å². The molecule has 0 spiro atoms. The van der Waals surface area contributed by atoms with Crippen LogP contribution in [0, 0.1) is 0 Å². The predicted molar refractivity (Wildman–Crippen MR) is 53.9 cm³/mol. The molecular weight excluding hydrogens is 178 g/mol. The van der Waals surface area contributed by atoms with Crippen molar-refractivity contribution in [1.29, 1.82) is 0 Å². The van der Waals surface area contributed by atoms with Gasteiger partial charge in [0.15, 0.2) is 0 Å². The molecule has 3 N–H and O–H groups in total. The van der Waals surface area contributed by atoms with Gasteiger partial charge >= 0.3 is 0 Å². The largest absolute Gasteiger partial charge is 0.387 e. The molecule has 1 unspecified atom stereocenters. The van der Waals surface area contributed by atoms with Crippen LogP contribution in [0.2, 0.25) is 0 Å². The lowest BCUT2D eigenvalue weighted by Gasteiger charge is -2.06. The quantitative estimate of drug-likeness (QED) is 0.746. The van der Waals surface area contributed by atoms with Crippen molar-refractivity contribution >= 4 is 0 Å². The summed E-state index contributed by atoms with van der Waals surface area (Å²) in [7, 11) is 0. The standard InChI is InChI=1S/C10H17N3O/c1-2-13-6-8(9(14)5-11)10(12-13)7-3-4-7/h6-7,9,14H,2-5,11H2,1H3. The fraction of sp³-hybridized carbons (Fsp3) is 0.700. The van der Waals surface area contributed by atoms with E-state index in [0.717, 1.165) is 17.8 Å². The monoisotopic (exact) mass is 195 g/mol. The van der Waals surface area contributed by atoms with Crippen LogP contribution in [-0.2, 0) is 6.54 Å². The average molecular weight is 195 g/mol. The van der Waals surface area contributed by atoms with E-state index in [2.05, 4.69) is 5.10 Å². The molecule has 1 fully saturated rings. The molecule has 0 bridgehead atoms. The van der Waals surface area contributed by atoms with E-state index in [9.17, 15) is 5.11 Å². The third-order valence-electron chi connectivity index (χ3n) is 2.69. The average Bonchev–Trinajstić information content (AvgIpc) is 2.97. The molecular formula is C10H17N3O. The van der Waals surface area contributed by atoms with Gasteiger partial charge in [-0.25, -0.2) is 0 Å². The number of aliphatic hydroxyl groups is 1. The second kappa shape index (κ2) is 3.71. The van der Waals surface area contributed by atoms with E-state index in [4.69, 9.17) is 5.73 Å². The minimum absolute atomic E-state index is 0.273. The number of hydrogen-bond acceptors (Lipinski definition) is 3. The van der Waals surface area contributed by atoms with Gasteiger partial charge in [-0.15, -0.1) is 0 Å². The summed E-state index contributed by atoms with van der Waals surface area (Å²) in [6.07, 6.45) is 3.77. The van der Waals surface area contributed by atoms with E-state index in [-0.39, 0.29) is 6.54 Å². The van der Waals surface area contributed by atoms with Crippen LogP contribution in [0.4, 0.5) is 0 Å². The Kier molecular flexibility index (Phi) is 2.56. The van der Waals surface area contributed by atoms with Gasteiger partial charge in [-0.1, -0.05) is 0 Å². The van der Waals surface area contributed by atoms with Crippen molar-refractivity contribution in [3.63, 3.8) is 0 Å². The summed E-state index contributed by atoms with van der Waals surface area (Å²) < 4.78 is 1.88. The Hall–Kier alpha value is -0.870. The van der Waals surface area contributed by atoms with Crippen molar-refractivity contribution in [2.75, 3.05) is 6.54 Å². The van der Waals surface area contributed by atoms with Crippen molar-refractivity contribution in [1.82, 2.24) is 9.78 Å². The Balaban J connectivity index is 2.30. The maximum atomic E-state index is 9.72. The first kappa shape index (κ1) is 9.68. The SMILES string of the molecule is CCn1cc(C(O)CN)c(C2CC2)n1. The fourth-order valence-corrected chi connectivity index (χ4v) is 1.67. The lowest BCUT2D eigenvalue weighted by molar-refractivity contribution is 0.185. The molecule has 0 radical (unpaired) electrons. The van der Waals surface area contributed by atoms with Crippen molar-refractivity contribution in [3.8, 4) is 0 Å². The highest BCUT2D eigenvalue weighted by Crippen LogP contribution is 2.41. The van der Waals surface area contributed by atoms with Crippen LogP contribution in [0.25, 0.3) is 0 Å². The van der Waals surface area contributed by atoms with Crippen LogP contribution in [0.15, 0.2) is 6.20 Å². The number of hydrogen-bond donors (Lipinski definition) is 2. The summed E-state index contributed by atoms with van der Waals surface area (Å²) in [6.45, 7) is 3.16. The smallest absolute Gasteiger partial charge is 0.0945 e. The highest BCUT2D eigenvalue weighted by molar-refractivity contribution is 5.27. The molecule has 1 heterocycles. The summed E-state index contributed by atoms with van der Waals surface area (Å²) in [5, 5.41) is 14.2. The van der Waals surface area contributed by atoms with Crippen molar-refractivity contribution in [3.05, 3.63) is 17.5 Å². The van der Waals surface area contributed by atoms with Gasteiger partial charge in [0.2, 0.25) is 0 Å². The number of aromatic nitrogens is 2. The van der Waals surface area contributed by atoms with E-state index in [1.807, 2.05) is 17.8 Å². The zero-order valence-electron chi connectivity index (χ0n) is 8.48. The van der Waals surface area contributed by atoms with Crippen LogP contribution in [-0.4, -0.2) is 21.4 Å². The molecule has 78 valence electrons. The van der Waals surface area contributed by atoms with Gasteiger partial charge in [0, 0.05) is 30.8 Å². The van der Waals surface area contributed by atoms with Crippen molar-refractivity contribution in [2.24, 2.45) is 5.73 Å². The highest BCUT2D eigenvalue weighted by Gasteiger charge is 2.30. The van der Waals surface area contributed by atoms with Gasteiger partial charge in [0.05, 0.1) is 11.8 Å². The Labute approximate surface area is 83.7 Å². The molecule has 1 aromatic rings. The Morgan fingerprint density at radius 3 is 2.93 bits per heavy atom. The maximum absolute atomic E-state index is 9.72. The molecule has 2 rings (SSSR count). The normalized spacial score (nSPS) is 18.5. The van der Waals surface area contributed by atoms with E-state index in [1.54, 1.807) is 0 Å². The first-order chi connectivity index (χ1) is 6.76. The molecule has 4 nitrogen and oxygen atoms in total. The zero-order valence-corrected chi connectivity index (χ0v) is 8.48. The lowest BCUT2D eigenvalue weighted by Crippen LogP contribution is -2.12. The van der Waals surface area contributed by atoms with Gasteiger partial charge in [0.1, 0.15) is 0 Å². The second-order valence-electron chi connectivity index (χ2n) is 3.85. The van der Waals surface area contributed by atoms with Gasteiger partial charge in [0.25, 0.3) is 0 Å². The summed E-state index contributed by atoms with van der Waals surface area (Å²) in [5.41, 5.74) is 7.44. The van der Waals surface area contributed by atoms with E-state index in [1.165, 1.54) is 12.8 Å². The number of nitrogens with zero attached hydrogens (tertiary/aromatic N) is 2. The van der Waals surface area contributed by atoms with Crippen LogP contribution in [0.5, 0.6) is 0 Å². The first-order valence-corrected chi connectivity index (χ1v) is 5.21. The van der Waals surface area contributed by atoms with Gasteiger partial charge in [-0.05, 0) is 19.8 Å². The summed E-state index contributed by atoms with van der Waals surface area (Å²) >= 11 is 0. The number of aliphatic hydroxyl groups excluding tert-OH is 1. The van der Waals surface area contributed by atoms with Gasteiger partial charge in [-0.2, -0.15) is 5.10 Å². The predicted octanol–water partition coefficient (Wildman–Crippen LogP) is 0.772. The molecule has 1 aromatic heterocycles. The summed E-state index contributed by atoms with van der Waals surface area (Å²) in [4.78, 5) is 0. The Morgan fingerprint density at radius 2 is 2.43 bits per heavy atom. The van der Waals surface area contributed by atoms with E-state index in [0.29, 0.717) is 5.92 Å². The maximum Gasteiger partial charge on any atom is 0.0945 e. The van der Waals surface area contributed by atoms with Crippen LogP contribution < -0.4 is 5.73 Å². The molecule has 1 saturated carbocycles. The molecule has 4 heteroatoms. The summed E-state index contributed by atoms with van der Waals surface area (Å²) in [6, 6.07) is 0. The van der Waals surface area contributed by atoms with Crippen LogP contribution in [0.1, 0.15) is 43.0 Å². The third-order valence-corrected chi connectivity index (χ3v) is 2.69. The molecule has 1 aliphatic rings. The molecule has 1 aliphatic carbocycles. The van der Waals surface area contributed by atoms with E-state index >= 15 is 0 Å². The third kappa shape index (κ3) is 1.67. The van der Waals surface area contributed by atoms with Crippen LogP contribution in [0.3, 0.4) is 0 Å². The molecule has 1 atom stereocenters. The van der Waals surface area contributed by atoms with Crippen molar-refractivity contribution in [2.45, 2.75) is 38.3 Å². The Morgan fingerprint density at radius 1 is 1.71 bits per heavy atom. The molecule has 0 aliphatic heterocycles. The molecule has 0 saturated heterocycles. The number of rotatable bonds is 4. The minimum Gasteiger partial charge on any atom is -0.387 e. The Bertz CT molecular complexity index is 317.